The van der Waals surface area contributed by atoms with Gasteiger partial charge < -0.3 is 15.0 Å². The van der Waals surface area contributed by atoms with Gasteiger partial charge >= 0.3 is 6.03 Å². The molecule has 2 fully saturated rings. The van der Waals surface area contributed by atoms with Gasteiger partial charge in [0.25, 0.3) is 0 Å². The molecule has 2 aliphatic heterocycles. The van der Waals surface area contributed by atoms with Crippen LogP contribution in [0.25, 0.3) is 0 Å². The van der Waals surface area contributed by atoms with E-state index in [1.54, 1.807) is 6.08 Å². The highest BCUT2D eigenvalue weighted by molar-refractivity contribution is 5.75. The summed E-state index contributed by atoms with van der Waals surface area (Å²) in [4.78, 5) is 13.1. The number of carbonyl (C=O) groups is 1. The lowest BCUT2D eigenvalue weighted by Gasteiger charge is -2.37. The topological polar surface area (TPSA) is 41.6 Å². The lowest BCUT2D eigenvalue weighted by molar-refractivity contribution is 0.0188. The van der Waals surface area contributed by atoms with Gasteiger partial charge in [-0.1, -0.05) is 6.08 Å². The summed E-state index contributed by atoms with van der Waals surface area (Å²) >= 11 is 0. The first-order valence-electron chi connectivity index (χ1n) is 5.64. The molecule has 2 rings (SSSR count). The third kappa shape index (κ3) is 2.35. The maximum Gasteiger partial charge on any atom is 0.317 e. The SMILES string of the molecule is C=C[C@@H]1OCCC[C@H]1NC(=O)N1CC(F)C1. The number of nitrogens with one attached hydrogen (secondary N) is 1. The first kappa shape index (κ1) is 11.4. The molecule has 0 aromatic heterocycles. The molecule has 0 unspecified atom stereocenters. The van der Waals surface area contributed by atoms with E-state index < -0.39 is 6.17 Å². The zero-order chi connectivity index (χ0) is 11.5. The monoisotopic (exact) mass is 228 g/mol. The number of hydrogen-bond donors (Lipinski definition) is 1. The Morgan fingerprint density at radius 1 is 1.56 bits per heavy atom. The lowest BCUT2D eigenvalue weighted by atomic mass is 10.0. The van der Waals surface area contributed by atoms with Gasteiger partial charge in [0.15, 0.2) is 0 Å². The fourth-order valence-corrected chi connectivity index (χ4v) is 2.03. The summed E-state index contributed by atoms with van der Waals surface area (Å²) in [6.07, 6.45) is 2.54. The molecule has 2 heterocycles. The van der Waals surface area contributed by atoms with E-state index in [9.17, 15) is 9.18 Å². The number of likely N-dealkylation sites (tertiary alicyclic amines) is 1. The van der Waals surface area contributed by atoms with Gasteiger partial charge in [-0.2, -0.15) is 0 Å². The number of halogens is 1. The first-order valence-corrected chi connectivity index (χ1v) is 5.64. The van der Waals surface area contributed by atoms with Crippen molar-refractivity contribution in [2.24, 2.45) is 0 Å². The Balaban J connectivity index is 1.82. The van der Waals surface area contributed by atoms with Crippen LogP contribution in [0.5, 0.6) is 0 Å². The number of carbonyl (C=O) groups excluding carboxylic acids is 1. The molecule has 0 aromatic carbocycles. The minimum Gasteiger partial charge on any atom is -0.372 e. The molecule has 16 heavy (non-hydrogen) atoms. The Morgan fingerprint density at radius 3 is 2.94 bits per heavy atom. The maximum atomic E-state index is 12.6. The van der Waals surface area contributed by atoms with Gasteiger partial charge in [-0.25, -0.2) is 9.18 Å². The summed E-state index contributed by atoms with van der Waals surface area (Å²) < 4.78 is 18.1. The number of hydrogen-bond acceptors (Lipinski definition) is 2. The molecule has 2 amide bonds. The Kier molecular flexibility index (Phi) is 3.43. The third-order valence-corrected chi connectivity index (χ3v) is 3.03. The van der Waals surface area contributed by atoms with Crippen molar-refractivity contribution in [3.8, 4) is 0 Å². The van der Waals surface area contributed by atoms with Crippen LogP contribution < -0.4 is 5.32 Å². The van der Waals surface area contributed by atoms with E-state index in [-0.39, 0.29) is 31.3 Å². The summed E-state index contributed by atoms with van der Waals surface area (Å²) in [5.41, 5.74) is 0. The quantitative estimate of drug-likeness (QED) is 0.719. The fraction of sp³-hybridized carbons (Fsp3) is 0.727. The van der Waals surface area contributed by atoms with E-state index >= 15 is 0 Å². The maximum absolute atomic E-state index is 12.6. The van der Waals surface area contributed by atoms with Gasteiger partial charge in [0, 0.05) is 6.61 Å². The molecule has 2 aliphatic rings. The van der Waals surface area contributed by atoms with Crippen LogP contribution in [-0.2, 0) is 4.74 Å². The van der Waals surface area contributed by atoms with E-state index in [0.29, 0.717) is 6.61 Å². The smallest absolute Gasteiger partial charge is 0.317 e. The van der Waals surface area contributed by atoms with Crippen molar-refractivity contribution >= 4 is 6.03 Å². The van der Waals surface area contributed by atoms with E-state index in [0.717, 1.165) is 12.8 Å². The highest BCUT2D eigenvalue weighted by Crippen LogP contribution is 2.17. The van der Waals surface area contributed by atoms with Crippen molar-refractivity contribution in [1.29, 1.82) is 0 Å². The average molecular weight is 228 g/mol. The van der Waals surface area contributed by atoms with E-state index in [2.05, 4.69) is 11.9 Å². The van der Waals surface area contributed by atoms with Crippen molar-refractivity contribution in [3.05, 3.63) is 12.7 Å². The van der Waals surface area contributed by atoms with Gasteiger partial charge in [0.1, 0.15) is 6.17 Å². The van der Waals surface area contributed by atoms with E-state index in [1.165, 1.54) is 4.90 Å². The Labute approximate surface area is 94.4 Å². The molecule has 4 nitrogen and oxygen atoms in total. The van der Waals surface area contributed by atoms with Crippen molar-refractivity contribution < 1.29 is 13.9 Å². The number of urea groups is 1. The number of alkyl halides is 1. The van der Waals surface area contributed by atoms with Gasteiger partial charge in [-0.05, 0) is 12.8 Å². The van der Waals surface area contributed by atoms with Crippen molar-refractivity contribution in [2.75, 3.05) is 19.7 Å². The van der Waals surface area contributed by atoms with Crippen LogP contribution in [0.3, 0.4) is 0 Å². The molecule has 90 valence electrons. The lowest BCUT2D eigenvalue weighted by Crippen LogP contribution is -2.58. The third-order valence-electron chi connectivity index (χ3n) is 3.03. The van der Waals surface area contributed by atoms with Crippen LogP contribution in [0.15, 0.2) is 12.7 Å². The summed E-state index contributed by atoms with van der Waals surface area (Å²) in [5, 5.41) is 2.87. The molecule has 1 N–H and O–H groups in total. The Morgan fingerprint density at radius 2 is 2.31 bits per heavy atom. The standard InChI is InChI=1S/C11H17FN2O2/c1-2-10-9(4-3-5-16-10)13-11(15)14-6-8(12)7-14/h2,8-10H,1,3-7H2,(H,13,15)/t9-,10+/m1/s1. The molecule has 0 saturated carbocycles. The largest absolute Gasteiger partial charge is 0.372 e. The molecule has 2 saturated heterocycles. The summed E-state index contributed by atoms with van der Waals surface area (Å²) in [6.45, 7) is 4.80. The van der Waals surface area contributed by atoms with Crippen molar-refractivity contribution in [3.63, 3.8) is 0 Å². The number of rotatable bonds is 2. The highest BCUT2D eigenvalue weighted by Gasteiger charge is 2.33. The predicted molar refractivity (Wildman–Crippen MR) is 58.0 cm³/mol. The molecule has 5 heteroatoms. The highest BCUT2D eigenvalue weighted by atomic mass is 19.1. The van der Waals surface area contributed by atoms with Crippen LogP contribution in [0, 0.1) is 0 Å². The average Bonchev–Trinajstić information content (AvgIpc) is 2.25. The minimum absolute atomic E-state index is 0.0302. The van der Waals surface area contributed by atoms with E-state index in [1.807, 2.05) is 0 Å². The van der Waals surface area contributed by atoms with Gasteiger partial charge in [-0.3, -0.25) is 0 Å². The van der Waals surface area contributed by atoms with E-state index in [4.69, 9.17) is 4.74 Å². The Hall–Kier alpha value is -1.10. The predicted octanol–water partition coefficient (Wildman–Crippen LogP) is 1.08. The summed E-state index contributed by atoms with van der Waals surface area (Å²) in [6, 6.07) is -0.228. The normalized spacial score (nSPS) is 30.7. The van der Waals surface area contributed by atoms with Crippen LogP contribution in [0.1, 0.15) is 12.8 Å². The molecular formula is C11H17FN2O2. The molecule has 2 atom stereocenters. The molecular weight excluding hydrogens is 211 g/mol. The van der Waals surface area contributed by atoms with Crippen molar-refractivity contribution in [2.45, 2.75) is 31.2 Å². The van der Waals surface area contributed by atoms with Crippen LogP contribution in [0.2, 0.25) is 0 Å². The zero-order valence-electron chi connectivity index (χ0n) is 9.19. The molecule has 0 aromatic rings. The number of amides is 2. The summed E-state index contributed by atoms with van der Waals surface area (Å²) in [7, 11) is 0. The Bertz CT molecular complexity index is 279. The zero-order valence-corrected chi connectivity index (χ0v) is 9.19. The molecule has 0 spiro atoms. The van der Waals surface area contributed by atoms with Crippen LogP contribution >= 0.6 is 0 Å². The molecule has 0 bridgehead atoms. The first-order chi connectivity index (χ1) is 7.70. The van der Waals surface area contributed by atoms with Crippen LogP contribution in [0.4, 0.5) is 9.18 Å². The second-order valence-corrected chi connectivity index (χ2v) is 4.27. The molecule has 0 radical (unpaired) electrons. The number of ether oxygens (including phenoxy) is 1. The molecule has 0 aliphatic carbocycles. The second kappa shape index (κ2) is 4.82. The fourth-order valence-electron chi connectivity index (χ4n) is 2.03. The second-order valence-electron chi connectivity index (χ2n) is 4.27. The van der Waals surface area contributed by atoms with Crippen LogP contribution in [-0.4, -0.2) is 48.9 Å². The van der Waals surface area contributed by atoms with Gasteiger partial charge in [0.05, 0.1) is 25.2 Å². The summed E-state index contributed by atoms with van der Waals surface area (Å²) in [5.74, 6) is 0. The minimum atomic E-state index is -0.858. The number of nitrogens with zero attached hydrogens (tertiary/aromatic N) is 1. The van der Waals surface area contributed by atoms with Gasteiger partial charge in [0.2, 0.25) is 0 Å². The van der Waals surface area contributed by atoms with Gasteiger partial charge in [-0.15, -0.1) is 6.58 Å². The van der Waals surface area contributed by atoms with Crippen molar-refractivity contribution in [1.82, 2.24) is 10.2 Å².